The molecule has 0 atom stereocenters. The van der Waals surface area contributed by atoms with Gasteiger partial charge in [-0.3, -0.25) is 0 Å². The van der Waals surface area contributed by atoms with Gasteiger partial charge >= 0.3 is 0 Å². The van der Waals surface area contributed by atoms with Gasteiger partial charge in [0.05, 0.1) is 0 Å². The summed E-state index contributed by atoms with van der Waals surface area (Å²) in [5.74, 6) is 0. The Balaban J connectivity index is 2.71. The van der Waals surface area contributed by atoms with E-state index in [1.54, 1.807) is 4.90 Å². The van der Waals surface area contributed by atoms with Gasteiger partial charge in [0.2, 0.25) is 0 Å². The fourth-order valence-corrected chi connectivity index (χ4v) is 1.33. The second-order valence-corrected chi connectivity index (χ2v) is 3.20. The fourth-order valence-electron chi connectivity index (χ4n) is 1.33. The average molecular weight is 199 g/mol. The highest BCUT2D eigenvalue weighted by molar-refractivity contribution is 5.47. The Labute approximate surface area is 83.3 Å². The van der Waals surface area contributed by atoms with Crippen molar-refractivity contribution < 1.29 is 8.78 Å². The van der Waals surface area contributed by atoms with Crippen molar-refractivity contribution in [3.8, 4) is 0 Å². The van der Waals surface area contributed by atoms with Crippen LogP contribution in [0.3, 0.4) is 0 Å². The minimum atomic E-state index is -0.451. The summed E-state index contributed by atoms with van der Waals surface area (Å²) >= 11 is 0. The number of hydrogen-bond donors (Lipinski definition) is 0. The smallest absolute Gasteiger partial charge is 0.107 e. The molecule has 1 rings (SSSR count). The summed E-state index contributed by atoms with van der Waals surface area (Å²) < 4.78 is 24.3. The number of hydrogen-bond acceptors (Lipinski definition) is 1. The molecule has 14 heavy (non-hydrogen) atoms. The Morgan fingerprint density at radius 2 is 1.50 bits per heavy atom. The minimum absolute atomic E-state index is 0.257. The van der Waals surface area contributed by atoms with E-state index in [9.17, 15) is 8.78 Å². The van der Waals surface area contributed by atoms with Crippen LogP contribution in [0.15, 0.2) is 24.3 Å². The third-order valence-electron chi connectivity index (χ3n) is 2.11. The number of rotatable bonds is 5. The molecule has 3 heteroatoms. The van der Waals surface area contributed by atoms with E-state index in [2.05, 4.69) is 0 Å². The molecular formula is C11H15F2N. The Morgan fingerprint density at radius 3 is 1.93 bits per heavy atom. The van der Waals surface area contributed by atoms with Crippen molar-refractivity contribution >= 4 is 5.69 Å². The molecule has 0 radical (unpaired) electrons. The number of anilines is 1. The molecule has 0 heterocycles. The van der Waals surface area contributed by atoms with Crippen molar-refractivity contribution in [3.63, 3.8) is 0 Å². The van der Waals surface area contributed by atoms with Gasteiger partial charge in [0.25, 0.3) is 0 Å². The van der Waals surface area contributed by atoms with Crippen LogP contribution in [-0.4, -0.2) is 26.4 Å². The van der Waals surface area contributed by atoms with Crippen LogP contribution in [0.25, 0.3) is 0 Å². The summed E-state index contributed by atoms with van der Waals surface area (Å²) in [7, 11) is 0. The van der Waals surface area contributed by atoms with E-state index in [1.165, 1.54) is 0 Å². The number of benzene rings is 1. The lowest BCUT2D eigenvalue weighted by Gasteiger charge is -2.22. The molecule has 1 aromatic rings. The average Bonchev–Trinajstić information content (AvgIpc) is 2.19. The second-order valence-electron chi connectivity index (χ2n) is 3.20. The molecule has 0 saturated carbocycles. The SMILES string of the molecule is Cc1ccc(N(CCF)CCF)cc1. The van der Waals surface area contributed by atoms with E-state index in [0.29, 0.717) is 0 Å². The van der Waals surface area contributed by atoms with Gasteiger partial charge in [-0.25, -0.2) is 8.78 Å². The van der Waals surface area contributed by atoms with E-state index in [1.807, 2.05) is 31.2 Å². The fraction of sp³-hybridized carbons (Fsp3) is 0.455. The Kier molecular flexibility index (Phi) is 4.36. The van der Waals surface area contributed by atoms with E-state index in [-0.39, 0.29) is 13.1 Å². The van der Waals surface area contributed by atoms with E-state index in [4.69, 9.17) is 0 Å². The third kappa shape index (κ3) is 2.98. The van der Waals surface area contributed by atoms with E-state index in [0.717, 1.165) is 11.3 Å². The molecule has 1 nitrogen and oxygen atoms in total. The lowest BCUT2D eigenvalue weighted by molar-refractivity contribution is 0.458. The van der Waals surface area contributed by atoms with Gasteiger partial charge in [-0.05, 0) is 19.1 Å². The van der Waals surface area contributed by atoms with E-state index < -0.39 is 13.3 Å². The summed E-state index contributed by atoms with van der Waals surface area (Å²) in [6, 6.07) is 7.67. The molecule has 0 aliphatic heterocycles. The molecule has 0 spiro atoms. The van der Waals surface area contributed by atoms with Gasteiger partial charge in [-0.1, -0.05) is 17.7 Å². The number of aryl methyl sites for hydroxylation is 1. The molecule has 0 saturated heterocycles. The highest BCUT2D eigenvalue weighted by Crippen LogP contribution is 2.14. The highest BCUT2D eigenvalue weighted by atomic mass is 19.1. The normalized spacial score (nSPS) is 10.2. The Morgan fingerprint density at radius 1 is 1.00 bits per heavy atom. The third-order valence-corrected chi connectivity index (χ3v) is 2.11. The van der Waals surface area contributed by atoms with Crippen LogP contribution in [0.5, 0.6) is 0 Å². The number of nitrogens with zero attached hydrogens (tertiary/aromatic N) is 1. The molecule has 1 aromatic carbocycles. The van der Waals surface area contributed by atoms with Crippen LogP contribution < -0.4 is 4.90 Å². The topological polar surface area (TPSA) is 3.24 Å². The molecule has 0 bridgehead atoms. The van der Waals surface area contributed by atoms with Crippen molar-refractivity contribution in [2.75, 3.05) is 31.3 Å². The minimum Gasteiger partial charge on any atom is -0.366 e. The van der Waals surface area contributed by atoms with Gasteiger partial charge in [-0.2, -0.15) is 0 Å². The van der Waals surface area contributed by atoms with Crippen LogP contribution in [0.1, 0.15) is 5.56 Å². The zero-order valence-electron chi connectivity index (χ0n) is 8.34. The van der Waals surface area contributed by atoms with Gasteiger partial charge in [0.15, 0.2) is 0 Å². The molecule has 0 aliphatic carbocycles. The maximum atomic E-state index is 12.2. The first kappa shape index (κ1) is 11.0. The number of halogens is 2. The van der Waals surface area contributed by atoms with Crippen molar-refractivity contribution in [2.24, 2.45) is 0 Å². The quantitative estimate of drug-likeness (QED) is 0.704. The molecule has 0 fully saturated rings. The lowest BCUT2D eigenvalue weighted by Crippen LogP contribution is -2.27. The molecular weight excluding hydrogens is 184 g/mol. The maximum Gasteiger partial charge on any atom is 0.107 e. The summed E-state index contributed by atoms with van der Waals surface area (Å²) in [6.07, 6.45) is 0. The molecule has 0 amide bonds. The largest absolute Gasteiger partial charge is 0.366 e. The molecule has 78 valence electrons. The van der Waals surface area contributed by atoms with Crippen molar-refractivity contribution in [1.82, 2.24) is 0 Å². The van der Waals surface area contributed by atoms with Crippen LogP contribution in [0, 0.1) is 6.92 Å². The zero-order valence-corrected chi connectivity index (χ0v) is 8.34. The predicted molar refractivity (Wildman–Crippen MR) is 55.3 cm³/mol. The number of alkyl halides is 2. The highest BCUT2D eigenvalue weighted by Gasteiger charge is 2.04. The standard InChI is InChI=1S/C11H15F2N/c1-10-2-4-11(5-3-10)14(8-6-12)9-7-13/h2-5H,6-9H2,1H3. The van der Waals surface area contributed by atoms with E-state index >= 15 is 0 Å². The molecule has 0 aromatic heterocycles. The summed E-state index contributed by atoms with van der Waals surface area (Å²) in [5, 5.41) is 0. The monoisotopic (exact) mass is 199 g/mol. The van der Waals surface area contributed by atoms with Crippen molar-refractivity contribution in [1.29, 1.82) is 0 Å². The molecule has 0 aliphatic rings. The van der Waals surface area contributed by atoms with Gasteiger partial charge < -0.3 is 4.90 Å². The zero-order chi connectivity index (χ0) is 10.4. The first-order valence-electron chi connectivity index (χ1n) is 4.71. The van der Waals surface area contributed by atoms with Gasteiger partial charge in [0, 0.05) is 18.8 Å². The van der Waals surface area contributed by atoms with Gasteiger partial charge in [-0.15, -0.1) is 0 Å². The Bertz CT molecular complexity index is 252. The predicted octanol–water partition coefficient (Wildman–Crippen LogP) is 2.74. The Hall–Kier alpha value is -1.12. The first-order valence-corrected chi connectivity index (χ1v) is 4.71. The first-order chi connectivity index (χ1) is 6.77. The maximum absolute atomic E-state index is 12.2. The van der Waals surface area contributed by atoms with Crippen molar-refractivity contribution in [3.05, 3.63) is 29.8 Å². The molecule has 0 N–H and O–H groups in total. The summed E-state index contributed by atoms with van der Waals surface area (Å²) in [4.78, 5) is 1.71. The van der Waals surface area contributed by atoms with Crippen LogP contribution in [-0.2, 0) is 0 Å². The van der Waals surface area contributed by atoms with Crippen LogP contribution >= 0.6 is 0 Å². The summed E-state index contributed by atoms with van der Waals surface area (Å²) in [6.45, 7) is 1.60. The van der Waals surface area contributed by atoms with Crippen LogP contribution in [0.4, 0.5) is 14.5 Å². The second kappa shape index (κ2) is 5.58. The van der Waals surface area contributed by atoms with Gasteiger partial charge in [0.1, 0.15) is 13.3 Å². The lowest BCUT2D eigenvalue weighted by atomic mass is 10.2. The summed E-state index contributed by atoms with van der Waals surface area (Å²) in [5.41, 5.74) is 2.03. The van der Waals surface area contributed by atoms with Crippen LogP contribution in [0.2, 0.25) is 0 Å². The molecule has 0 unspecified atom stereocenters. The van der Waals surface area contributed by atoms with Crippen molar-refractivity contribution in [2.45, 2.75) is 6.92 Å².